The van der Waals surface area contributed by atoms with Crippen LogP contribution < -0.4 is 5.32 Å². The SMILES string of the molecule is O=C(Cc1cccc(F)c1)C1CCCNCC1. The molecule has 1 unspecified atom stereocenters. The third-order valence-electron chi connectivity index (χ3n) is 3.30. The minimum atomic E-state index is -0.266. The normalized spacial score (nSPS) is 20.9. The zero-order chi connectivity index (χ0) is 12.1. The van der Waals surface area contributed by atoms with Gasteiger partial charge in [-0.05, 0) is 50.0 Å². The summed E-state index contributed by atoms with van der Waals surface area (Å²) in [5.41, 5.74) is 0.784. The Morgan fingerprint density at radius 1 is 1.35 bits per heavy atom. The first-order valence-corrected chi connectivity index (χ1v) is 6.23. The molecule has 1 aliphatic rings. The Kier molecular flexibility index (Phi) is 4.26. The van der Waals surface area contributed by atoms with E-state index in [1.165, 1.54) is 12.1 Å². The molecule has 1 heterocycles. The third-order valence-corrected chi connectivity index (χ3v) is 3.30. The molecule has 0 radical (unpaired) electrons. The predicted octanol–water partition coefficient (Wildman–Crippen LogP) is 2.33. The van der Waals surface area contributed by atoms with Crippen molar-refractivity contribution in [2.75, 3.05) is 13.1 Å². The number of hydrogen-bond acceptors (Lipinski definition) is 2. The zero-order valence-electron chi connectivity index (χ0n) is 9.92. The molecule has 1 fully saturated rings. The van der Waals surface area contributed by atoms with Gasteiger partial charge in [-0.2, -0.15) is 0 Å². The van der Waals surface area contributed by atoms with Crippen molar-refractivity contribution in [2.24, 2.45) is 5.92 Å². The van der Waals surface area contributed by atoms with Crippen LogP contribution in [0.25, 0.3) is 0 Å². The fourth-order valence-corrected chi connectivity index (χ4v) is 2.33. The zero-order valence-corrected chi connectivity index (χ0v) is 9.92. The van der Waals surface area contributed by atoms with Crippen molar-refractivity contribution >= 4 is 5.78 Å². The summed E-state index contributed by atoms with van der Waals surface area (Å²) in [7, 11) is 0. The molecular formula is C14H18FNO. The van der Waals surface area contributed by atoms with E-state index in [0.29, 0.717) is 6.42 Å². The summed E-state index contributed by atoms with van der Waals surface area (Å²) < 4.78 is 13.0. The van der Waals surface area contributed by atoms with Gasteiger partial charge in [-0.3, -0.25) is 4.79 Å². The first-order valence-electron chi connectivity index (χ1n) is 6.23. The molecule has 1 aliphatic heterocycles. The molecular weight excluding hydrogens is 217 g/mol. The molecule has 0 aromatic heterocycles. The molecule has 0 aliphatic carbocycles. The second-order valence-electron chi connectivity index (χ2n) is 4.65. The monoisotopic (exact) mass is 235 g/mol. The number of hydrogen-bond donors (Lipinski definition) is 1. The Labute approximate surface area is 101 Å². The average Bonchev–Trinajstić information content (AvgIpc) is 2.57. The highest BCUT2D eigenvalue weighted by Gasteiger charge is 2.19. The predicted molar refractivity (Wildman–Crippen MR) is 65.3 cm³/mol. The van der Waals surface area contributed by atoms with E-state index in [1.807, 2.05) is 6.07 Å². The van der Waals surface area contributed by atoms with Gasteiger partial charge in [-0.15, -0.1) is 0 Å². The van der Waals surface area contributed by atoms with E-state index in [2.05, 4.69) is 5.32 Å². The van der Waals surface area contributed by atoms with E-state index in [1.54, 1.807) is 6.07 Å². The first kappa shape index (κ1) is 12.2. The van der Waals surface area contributed by atoms with Gasteiger partial charge in [0.1, 0.15) is 11.6 Å². The molecule has 2 nitrogen and oxygen atoms in total. The Morgan fingerprint density at radius 2 is 2.24 bits per heavy atom. The van der Waals surface area contributed by atoms with Gasteiger partial charge in [0, 0.05) is 12.3 Å². The number of Topliss-reactive ketones (excluding diaryl/α,β-unsaturated/α-hetero) is 1. The molecule has 1 atom stereocenters. The van der Waals surface area contributed by atoms with Crippen LogP contribution in [-0.4, -0.2) is 18.9 Å². The summed E-state index contributed by atoms with van der Waals surface area (Å²) in [6, 6.07) is 6.33. The van der Waals surface area contributed by atoms with E-state index in [-0.39, 0.29) is 17.5 Å². The second-order valence-corrected chi connectivity index (χ2v) is 4.65. The van der Waals surface area contributed by atoms with Gasteiger partial charge < -0.3 is 5.32 Å². The number of carbonyl (C=O) groups is 1. The second kappa shape index (κ2) is 5.92. The molecule has 2 rings (SSSR count). The minimum absolute atomic E-state index is 0.147. The highest BCUT2D eigenvalue weighted by molar-refractivity contribution is 5.83. The van der Waals surface area contributed by atoms with Crippen molar-refractivity contribution in [1.29, 1.82) is 0 Å². The first-order chi connectivity index (χ1) is 8.25. The molecule has 1 aromatic carbocycles. The molecule has 0 bridgehead atoms. The number of halogens is 1. The lowest BCUT2D eigenvalue weighted by atomic mass is 9.92. The summed E-state index contributed by atoms with van der Waals surface area (Å²) in [5, 5.41) is 3.29. The Balaban J connectivity index is 1.95. The van der Waals surface area contributed by atoms with E-state index < -0.39 is 0 Å². The maximum absolute atomic E-state index is 13.0. The van der Waals surface area contributed by atoms with Crippen LogP contribution in [0.1, 0.15) is 24.8 Å². The fraction of sp³-hybridized carbons (Fsp3) is 0.500. The summed E-state index contributed by atoms with van der Waals surface area (Å²) in [5.74, 6) is 0.130. The summed E-state index contributed by atoms with van der Waals surface area (Å²) >= 11 is 0. The van der Waals surface area contributed by atoms with Crippen LogP contribution in [0.3, 0.4) is 0 Å². The highest BCUT2D eigenvalue weighted by Crippen LogP contribution is 2.17. The highest BCUT2D eigenvalue weighted by atomic mass is 19.1. The fourth-order valence-electron chi connectivity index (χ4n) is 2.33. The van der Waals surface area contributed by atoms with E-state index in [0.717, 1.165) is 37.9 Å². The largest absolute Gasteiger partial charge is 0.317 e. The van der Waals surface area contributed by atoms with Crippen LogP contribution in [-0.2, 0) is 11.2 Å². The number of carbonyl (C=O) groups excluding carboxylic acids is 1. The molecule has 0 saturated carbocycles. The Morgan fingerprint density at radius 3 is 3.06 bits per heavy atom. The minimum Gasteiger partial charge on any atom is -0.317 e. The molecule has 0 spiro atoms. The molecule has 1 saturated heterocycles. The van der Waals surface area contributed by atoms with E-state index in [4.69, 9.17) is 0 Å². The number of nitrogens with one attached hydrogen (secondary N) is 1. The quantitative estimate of drug-likeness (QED) is 0.871. The van der Waals surface area contributed by atoms with Gasteiger partial charge in [0.15, 0.2) is 0 Å². The molecule has 1 N–H and O–H groups in total. The lowest BCUT2D eigenvalue weighted by Crippen LogP contribution is -2.19. The van der Waals surface area contributed by atoms with Crippen molar-refractivity contribution in [3.05, 3.63) is 35.6 Å². The smallest absolute Gasteiger partial charge is 0.140 e. The van der Waals surface area contributed by atoms with Gasteiger partial charge in [-0.1, -0.05) is 12.1 Å². The lowest BCUT2D eigenvalue weighted by Gasteiger charge is -2.12. The Hall–Kier alpha value is -1.22. The standard InChI is InChI=1S/C14H18FNO/c15-13-5-1-3-11(9-13)10-14(17)12-4-2-7-16-8-6-12/h1,3,5,9,12,16H,2,4,6-8,10H2. The van der Waals surface area contributed by atoms with Crippen molar-refractivity contribution < 1.29 is 9.18 Å². The number of benzene rings is 1. The summed E-state index contributed by atoms with van der Waals surface area (Å²) in [4.78, 5) is 12.1. The molecule has 1 aromatic rings. The maximum Gasteiger partial charge on any atom is 0.140 e. The Bertz CT molecular complexity index is 384. The van der Waals surface area contributed by atoms with Crippen LogP contribution in [0.4, 0.5) is 4.39 Å². The van der Waals surface area contributed by atoms with Gasteiger partial charge in [0.2, 0.25) is 0 Å². The van der Waals surface area contributed by atoms with E-state index >= 15 is 0 Å². The van der Waals surface area contributed by atoms with Crippen LogP contribution >= 0.6 is 0 Å². The number of rotatable bonds is 3. The number of ketones is 1. The molecule has 92 valence electrons. The van der Waals surface area contributed by atoms with Crippen LogP contribution in [0.15, 0.2) is 24.3 Å². The van der Waals surface area contributed by atoms with Crippen LogP contribution in [0.2, 0.25) is 0 Å². The van der Waals surface area contributed by atoms with Crippen molar-refractivity contribution in [2.45, 2.75) is 25.7 Å². The van der Waals surface area contributed by atoms with Crippen molar-refractivity contribution in [1.82, 2.24) is 5.32 Å². The van der Waals surface area contributed by atoms with Gasteiger partial charge in [0.25, 0.3) is 0 Å². The average molecular weight is 235 g/mol. The van der Waals surface area contributed by atoms with Gasteiger partial charge >= 0.3 is 0 Å². The molecule has 3 heteroatoms. The maximum atomic E-state index is 13.0. The third kappa shape index (κ3) is 3.63. The molecule has 0 amide bonds. The molecule has 17 heavy (non-hydrogen) atoms. The van der Waals surface area contributed by atoms with Crippen LogP contribution in [0, 0.1) is 11.7 Å². The van der Waals surface area contributed by atoms with Gasteiger partial charge in [0.05, 0.1) is 0 Å². The summed E-state index contributed by atoms with van der Waals surface area (Å²) in [6.45, 7) is 1.92. The van der Waals surface area contributed by atoms with Crippen molar-refractivity contribution in [3.63, 3.8) is 0 Å². The van der Waals surface area contributed by atoms with Crippen LogP contribution in [0.5, 0.6) is 0 Å². The van der Waals surface area contributed by atoms with Crippen molar-refractivity contribution in [3.8, 4) is 0 Å². The summed E-state index contributed by atoms with van der Waals surface area (Å²) in [6.07, 6.45) is 3.29. The van der Waals surface area contributed by atoms with Gasteiger partial charge in [-0.25, -0.2) is 4.39 Å². The lowest BCUT2D eigenvalue weighted by molar-refractivity contribution is -0.122. The van der Waals surface area contributed by atoms with E-state index in [9.17, 15) is 9.18 Å². The topological polar surface area (TPSA) is 29.1 Å².